The maximum absolute atomic E-state index is 12.3. The van der Waals surface area contributed by atoms with Crippen LogP contribution >= 0.6 is 15.9 Å². The van der Waals surface area contributed by atoms with Gasteiger partial charge in [-0.25, -0.2) is 0 Å². The van der Waals surface area contributed by atoms with E-state index in [4.69, 9.17) is 5.26 Å². The number of amides is 1. The fraction of sp³-hybridized carbons (Fsp3) is 0.467. The van der Waals surface area contributed by atoms with Gasteiger partial charge >= 0.3 is 0 Å². The Kier molecular flexibility index (Phi) is 4.98. The first-order valence-electron chi connectivity index (χ1n) is 6.71. The third-order valence-corrected chi connectivity index (χ3v) is 4.08. The summed E-state index contributed by atoms with van der Waals surface area (Å²) in [6.45, 7) is 0. The van der Waals surface area contributed by atoms with E-state index in [0.29, 0.717) is 11.3 Å². The molecule has 1 aromatic rings. The molecule has 1 N–H and O–H groups in total. The number of benzene rings is 1. The van der Waals surface area contributed by atoms with Gasteiger partial charge in [-0.15, -0.1) is 0 Å². The maximum atomic E-state index is 12.3. The molecule has 1 amide bonds. The van der Waals surface area contributed by atoms with E-state index < -0.39 is 0 Å². The zero-order valence-corrected chi connectivity index (χ0v) is 12.4. The van der Waals surface area contributed by atoms with Gasteiger partial charge in [0.1, 0.15) is 6.07 Å². The number of hydrogen-bond donors (Lipinski definition) is 1. The highest BCUT2D eigenvalue weighted by molar-refractivity contribution is 9.10. The Bertz CT molecular complexity index is 499. The summed E-state index contributed by atoms with van der Waals surface area (Å²) < 4.78 is 0.864. The fourth-order valence-corrected chi connectivity index (χ4v) is 2.85. The van der Waals surface area contributed by atoms with Gasteiger partial charge in [-0.1, -0.05) is 41.6 Å². The average molecular weight is 321 g/mol. The van der Waals surface area contributed by atoms with E-state index in [1.807, 2.05) is 0 Å². The largest absolute Gasteiger partial charge is 0.325 e. The van der Waals surface area contributed by atoms with Crippen molar-refractivity contribution in [2.75, 3.05) is 5.32 Å². The minimum Gasteiger partial charge on any atom is -0.325 e. The summed E-state index contributed by atoms with van der Waals surface area (Å²) in [6, 6.07) is 7.41. The van der Waals surface area contributed by atoms with Gasteiger partial charge in [-0.3, -0.25) is 4.79 Å². The normalized spacial score (nSPS) is 16.4. The molecule has 1 aromatic carbocycles. The average Bonchev–Trinajstić information content (AvgIpc) is 2.68. The van der Waals surface area contributed by atoms with Crippen molar-refractivity contribution >= 4 is 27.5 Å². The molecule has 100 valence electrons. The molecule has 0 bridgehead atoms. The van der Waals surface area contributed by atoms with Crippen LogP contribution in [0, 0.1) is 17.2 Å². The molecule has 0 spiro atoms. The molecule has 2 rings (SSSR count). The maximum Gasteiger partial charge on any atom is 0.227 e. The van der Waals surface area contributed by atoms with Gasteiger partial charge in [0.25, 0.3) is 0 Å². The summed E-state index contributed by atoms with van der Waals surface area (Å²) in [5.74, 6) is 0.143. The summed E-state index contributed by atoms with van der Waals surface area (Å²) in [4.78, 5) is 12.3. The lowest BCUT2D eigenvalue weighted by Crippen LogP contribution is -2.22. The molecule has 4 heteroatoms. The van der Waals surface area contributed by atoms with Crippen LogP contribution in [0.3, 0.4) is 0 Å². The first-order valence-corrected chi connectivity index (χ1v) is 7.50. The third-order valence-electron chi connectivity index (χ3n) is 3.59. The Balaban J connectivity index is 2.09. The predicted octanol–water partition coefficient (Wildman–Crippen LogP) is 4.23. The van der Waals surface area contributed by atoms with E-state index >= 15 is 0 Å². The van der Waals surface area contributed by atoms with Gasteiger partial charge in [0.2, 0.25) is 5.91 Å². The highest BCUT2D eigenvalue weighted by Gasteiger charge is 2.20. The molecule has 0 aromatic heterocycles. The second kappa shape index (κ2) is 6.72. The quantitative estimate of drug-likeness (QED) is 0.829. The summed E-state index contributed by atoms with van der Waals surface area (Å²) >= 11 is 3.36. The number of hydrogen-bond acceptors (Lipinski definition) is 2. The molecule has 1 aliphatic rings. The SMILES string of the molecule is N#Cc1ccc(Br)cc1NC(=O)C1CCCCCC1. The third kappa shape index (κ3) is 3.81. The lowest BCUT2D eigenvalue weighted by molar-refractivity contribution is -0.120. The Hall–Kier alpha value is -1.34. The van der Waals surface area contributed by atoms with Crippen LogP contribution < -0.4 is 5.32 Å². The topological polar surface area (TPSA) is 52.9 Å². The van der Waals surface area contributed by atoms with E-state index in [1.54, 1.807) is 18.2 Å². The second-order valence-electron chi connectivity index (χ2n) is 4.98. The van der Waals surface area contributed by atoms with Crippen molar-refractivity contribution in [3.8, 4) is 6.07 Å². The molecule has 0 heterocycles. The molecule has 0 saturated heterocycles. The molecule has 0 atom stereocenters. The molecule has 1 fully saturated rings. The van der Waals surface area contributed by atoms with Crippen LogP contribution in [0.1, 0.15) is 44.1 Å². The van der Waals surface area contributed by atoms with Crippen molar-refractivity contribution in [3.63, 3.8) is 0 Å². The molecular formula is C15H17BrN2O. The zero-order valence-electron chi connectivity index (χ0n) is 10.8. The molecule has 0 radical (unpaired) electrons. The summed E-state index contributed by atoms with van der Waals surface area (Å²) in [5, 5.41) is 12.0. The first-order chi connectivity index (χ1) is 9.20. The van der Waals surface area contributed by atoms with Crippen molar-refractivity contribution in [3.05, 3.63) is 28.2 Å². The highest BCUT2D eigenvalue weighted by atomic mass is 79.9. The fourth-order valence-electron chi connectivity index (χ4n) is 2.49. The molecule has 0 aliphatic heterocycles. The Morgan fingerprint density at radius 1 is 1.26 bits per heavy atom. The van der Waals surface area contributed by atoms with Gasteiger partial charge in [0.15, 0.2) is 0 Å². The number of nitriles is 1. The van der Waals surface area contributed by atoms with Crippen LogP contribution in [-0.2, 0) is 4.79 Å². The number of carbonyl (C=O) groups excluding carboxylic acids is 1. The smallest absolute Gasteiger partial charge is 0.227 e. The van der Waals surface area contributed by atoms with Crippen LogP contribution in [0.25, 0.3) is 0 Å². The van der Waals surface area contributed by atoms with E-state index in [2.05, 4.69) is 27.3 Å². The molecular weight excluding hydrogens is 304 g/mol. The second-order valence-corrected chi connectivity index (χ2v) is 5.90. The minimum atomic E-state index is 0.0523. The number of halogens is 1. The summed E-state index contributed by atoms with van der Waals surface area (Å²) in [7, 11) is 0. The number of nitrogens with zero attached hydrogens (tertiary/aromatic N) is 1. The van der Waals surface area contributed by atoms with Crippen molar-refractivity contribution in [2.45, 2.75) is 38.5 Å². The van der Waals surface area contributed by atoms with E-state index in [0.717, 1.165) is 30.2 Å². The van der Waals surface area contributed by atoms with E-state index in [1.165, 1.54) is 12.8 Å². The van der Waals surface area contributed by atoms with E-state index in [9.17, 15) is 4.79 Å². The molecule has 1 aliphatic carbocycles. The standard InChI is InChI=1S/C15H17BrN2O/c16-13-8-7-12(10-17)14(9-13)18-15(19)11-5-3-1-2-4-6-11/h7-9,11H,1-6H2,(H,18,19). The number of anilines is 1. The first kappa shape index (κ1) is 14.1. The van der Waals surface area contributed by atoms with Gasteiger partial charge in [-0.2, -0.15) is 5.26 Å². The van der Waals surface area contributed by atoms with Gasteiger partial charge in [-0.05, 0) is 31.0 Å². The highest BCUT2D eigenvalue weighted by Crippen LogP contribution is 2.26. The monoisotopic (exact) mass is 320 g/mol. The minimum absolute atomic E-state index is 0.0523. The van der Waals surface area contributed by atoms with Crippen LogP contribution in [-0.4, -0.2) is 5.91 Å². The summed E-state index contributed by atoms with van der Waals surface area (Å²) in [5.41, 5.74) is 1.11. The van der Waals surface area contributed by atoms with Crippen molar-refractivity contribution in [1.29, 1.82) is 5.26 Å². The van der Waals surface area contributed by atoms with Crippen LogP contribution in [0.15, 0.2) is 22.7 Å². The van der Waals surface area contributed by atoms with Crippen molar-refractivity contribution in [1.82, 2.24) is 0 Å². The molecule has 19 heavy (non-hydrogen) atoms. The number of nitrogens with one attached hydrogen (secondary N) is 1. The van der Waals surface area contributed by atoms with Crippen molar-refractivity contribution in [2.24, 2.45) is 5.92 Å². The summed E-state index contributed by atoms with van der Waals surface area (Å²) in [6.07, 6.45) is 6.63. The number of rotatable bonds is 2. The Morgan fingerprint density at radius 2 is 1.95 bits per heavy atom. The van der Waals surface area contributed by atoms with Gasteiger partial charge < -0.3 is 5.32 Å². The lowest BCUT2D eigenvalue weighted by atomic mass is 9.99. The van der Waals surface area contributed by atoms with E-state index in [-0.39, 0.29) is 11.8 Å². The van der Waals surface area contributed by atoms with Crippen LogP contribution in [0.4, 0.5) is 5.69 Å². The number of carbonyl (C=O) groups is 1. The Labute approximate surface area is 122 Å². The van der Waals surface area contributed by atoms with Crippen molar-refractivity contribution < 1.29 is 4.79 Å². The molecule has 1 saturated carbocycles. The Morgan fingerprint density at radius 3 is 2.58 bits per heavy atom. The predicted molar refractivity (Wildman–Crippen MR) is 78.7 cm³/mol. The zero-order chi connectivity index (χ0) is 13.7. The molecule has 0 unspecified atom stereocenters. The van der Waals surface area contributed by atoms with Gasteiger partial charge in [0.05, 0.1) is 11.3 Å². The van der Waals surface area contributed by atoms with Crippen LogP contribution in [0.5, 0.6) is 0 Å². The van der Waals surface area contributed by atoms with Gasteiger partial charge in [0, 0.05) is 10.4 Å². The lowest BCUT2D eigenvalue weighted by Gasteiger charge is -2.15. The van der Waals surface area contributed by atoms with Crippen LogP contribution in [0.2, 0.25) is 0 Å². The molecule has 3 nitrogen and oxygen atoms in total.